The SMILES string of the molecule is CC1CCCN(Cc2cccc(CNC(C)C)c2)C1. The summed E-state index contributed by atoms with van der Waals surface area (Å²) < 4.78 is 0. The Morgan fingerprint density at radius 2 is 2.11 bits per heavy atom. The van der Waals surface area contributed by atoms with Crippen LogP contribution in [0.1, 0.15) is 44.7 Å². The van der Waals surface area contributed by atoms with E-state index in [2.05, 4.69) is 55.3 Å². The molecule has 19 heavy (non-hydrogen) atoms. The second-order valence-electron chi connectivity index (χ2n) is 6.34. The van der Waals surface area contributed by atoms with Crippen molar-refractivity contribution in [3.05, 3.63) is 35.4 Å². The quantitative estimate of drug-likeness (QED) is 0.872. The predicted octanol–water partition coefficient (Wildman–Crippen LogP) is 3.42. The normalized spacial score (nSPS) is 20.9. The summed E-state index contributed by atoms with van der Waals surface area (Å²) in [5, 5.41) is 3.49. The number of benzene rings is 1. The summed E-state index contributed by atoms with van der Waals surface area (Å²) in [6, 6.07) is 9.58. The standard InChI is InChI=1S/C17H28N2/c1-14(2)18-11-16-7-4-8-17(10-16)13-19-9-5-6-15(3)12-19/h4,7-8,10,14-15,18H,5-6,9,11-13H2,1-3H3. The van der Waals surface area contributed by atoms with E-state index in [9.17, 15) is 0 Å². The number of rotatable bonds is 5. The van der Waals surface area contributed by atoms with Gasteiger partial charge in [-0.3, -0.25) is 4.90 Å². The first-order valence-electron chi connectivity index (χ1n) is 7.67. The lowest BCUT2D eigenvalue weighted by Gasteiger charge is -2.30. The molecule has 1 aliphatic heterocycles. The van der Waals surface area contributed by atoms with Crippen molar-refractivity contribution in [2.24, 2.45) is 5.92 Å². The Morgan fingerprint density at radius 1 is 1.32 bits per heavy atom. The van der Waals surface area contributed by atoms with Gasteiger partial charge < -0.3 is 5.32 Å². The lowest BCUT2D eigenvalue weighted by molar-refractivity contribution is 0.176. The van der Waals surface area contributed by atoms with E-state index in [0.717, 1.165) is 19.0 Å². The van der Waals surface area contributed by atoms with E-state index in [1.165, 1.54) is 37.1 Å². The highest BCUT2D eigenvalue weighted by atomic mass is 15.1. The molecule has 1 aromatic carbocycles. The minimum atomic E-state index is 0.548. The monoisotopic (exact) mass is 260 g/mol. The van der Waals surface area contributed by atoms with Gasteiger partial charge in [0.2, 0.25) is 0 Å². The largest absolute Gasteiger partial charge is 0.310 e. The Hall–Kier alpha value is -0.860. The molecule has 0 bridgehead atoms. The average molecular weight is 260 g/mol. The number of likely N-dealkylation sites (tertiary alicyclic amines) is 1. The minimum Gasteiger partial charge on any atom is -0.310 e. The third-order valence-corrected chi connectivity index (χ3v) is 3.85. The molecule has 2 heteroatoms. The molecule has 0 amide bonds. The van der Waals surface area contributed by atoms with Gasteiger partial charge in [0.1, 0.15) is 0 Å². The molecule has 2 nitrogen and oxygen atoms in total. The van der Waals surface area contributed by atoms with Crippen LogP contribution in [-0.4, -0.2) is 24.0 Å². The molecule has 0 aromatic heterocycles. The Bertz CT molecular complexity index is 387. The first-order chi connectivity index (χ1) is 9.13. The van der Waals surface area contributed by atoms with Crippen molar-refractivity contribution in [3.8, 4) is 0 Å². The Kier molecular flexibility index (Phi) is 5.41. The maximum absolute atomic E-state index is 3.49. The average Bonchev–Trinajstić information content (AvgIpc) is 2.37. The molecule has 2 rings (SSSR count). The summed E-state index contributed by atoms with van der Waals surface area (Å²) >= 11 is 0. The lowest BCUT2D eigenvalue weighted by Crippen LogP contribution is -2.33. The first kappa shape index (κ1) is 14.5. The smallest absolute Gasteiger partial charge is 0.0233 e. The maximum Gasteiger partial charge on any atom is 0.0233 e. The molecule has 1 unspecified atom stereocenters. The van der Waals surface area contributed by atoms with Gasteiger partial charge in [-0.1, -0.05) is 45.0 Å². The Morgan fingerprint density at radius 3 is 2.84 bits per heavy atom. The Balaban J connectivity index is 1.90. The molecule has 0 aliphatic carbocycles. The van der Waals surface area contributed by atoms with E-state index in [0.29, 0.717) is 6.04 Å². The van der Waals surface area contributed by atoms with Crippen LogP contribution in [0.4, 0.5) is 0 Å². The fourth-order valence-electron chi connectivity index (χ4n) is 2.85. The number of piperidine rings is 1. The van der Waals surface area contributed by atoms with Gasteiger partial charge in [0.05, 0.1) is 0 Å². The van der Waals surface area contributed by atoms with Gasteiger partial charge in [-0.15, -0.1) is 0 Å². The highest BCUT2D eigenvalue weighted by Gasteiger charge is 2.16. The molecule has 1 N–H and O–H groups in total. The van der Waals surface area contributed by atoms with Gasteiger partial charge in [0, 0.05) is 25.7 Å². The van der Waals surface area contributed by atoms with Crippen LogP contribution >= 0.6 is 0 Å². The summed E-state index contributed by atoms with van der Waals surface area (Å²) in [6.07, 6.45) is 2.75. The fourth-order valence-corrected chi connectivity index (χ4v) is 2.85. The summed E-state index contributed by atoms with van der Waals surface area (Å²) in [7, 11) is 0. The van der Waals surface area contributed by atoms with Crippen molar-refractivity contribution >= 4 is 0 Å². The van der Waals surface area contributed by atoms with E-state index in [1.54, 1.807) is 0 Å². The van der Waals surface area contributed by atoms with Crippen molar-refractivity contribution in [3.63, 3.8) is 0 Å². The summed E-state index contributed by atoms with van der Waals surface area (Å²) in [4.78, 5) is 2.60. The summed E-state index contributed by atoms with van der Waals surface area (Å²) in [6.45, 7) is 11.4. The van der Waals surface area contributed by atoms with Crippen LogP contribution in [-0.2, 0) is 13.1 Å². The summed E-state index contributed by atoms with van der Waals surface area (Å²) in [5.41, 5.74) is 2.86. The van der Waals surface area contributed by atoms with Crippen molar-refractivity contribution < 1.29 is 0 Å². The van der Waals surface area contributed by atoms with E-state index < -0.39 is 0 Å². The molecular formula is C17H28N2. The minimum absolute atomic E-state index is 0.548. The molecule has 1 saturated heterocycles. The van der Waals surface area contributed by atoms with Gasteiger partial charge in [0.15, 0.2) is 0 Å². The highest BCUT2D eigenvalue weighted by Crippen LogP contribution is 2.18. The van der Waals surface area contributed by atoms with Crippen LogP contribution in [0.5, 0.6) is 0 Å². The third kappa shape index (κ3) is 4.96. The van der Waals surface area contributed by atoms with Crippen molar-refractivity contribution in [1.82, 2.24) is 10.2 Å². The van der Waals surface area contributed by atoms with E-state index in [1.807, 2.05) is 0 Å². The molecule has 0 saturated carbocycles. The zero-order valence-corrected chi connectivity index (χ0v) is 12.7. The van der Waals surface area contributed by atoms with Crippen molar-refractivity contribution in [1.29, 1.82) is 0 Å². The molecule has 1 fully saturated rings. The predicted molar refractivity (Wildman–Crippen MR) is 82.1 cm³/mol. The van der Waals surface area contributed by atoms with Gasteiger partial charge >= 0.3 is 0 Å². The number of nitrogens with one attached hydrogen (secondary N) is 1. The van der Waals surface area contributed by atoms with Crippen LogP contribution in [0.25, 0.3) is 0 Å². The molecule has 0 spiro atoms. The summed E-state index contributed by atoms with van der Waals surface area (Å²) in [5.74, 6) is 0.861. The maximum atomic E-state index is 3.49. The van der Waals surface area contributed by atoms with Crippen LogP contribution in [0.2, 0.25) is 0 Å². The van der Waals surface area contributed by atoms with E-state index in [-0.39, 0.29) is 0 Å². The van der Waals surface area contributed by atoms with E-state index in [4.69, 9.17) is 0 Å². The van der Waals surface area contributed by atoms with Crippen LogP contribution in [0, 0.1) is 5.92 Å². The van der Waals surface area contributed by atoms with Crippen LogP contribution < -0.4 is 5.32 Å². The molecular weight excluding hydrogens is 232 g/mol. The van der Waals surface area contributed by atoms with Gasteiger partial charge in [-0.25, -0.2) is 0 Å². The van der Waals surface area contributed by atoms with Crippen molar-refractivity contribution in [2.45, 2.75) is 52.7 Å². The number of hydrogen-bond acceptors (Lipinski definition) is 2. The topological polar surface area (TPSA) is 15.3 Å². The molecule has 1 atom stereocenters. The third-order valence-electron chi connectivity index (χ3n) is 3.85. The van der Waals surface area contributed by atoms with Crippen LogP contribution in [0.3, 0.4) is 0 Å². The number of hydrogen-bond donors (Lipinski definition) is 1. The zero-order chi connectivity index (χ0) is 13.7. The van der Waals surface area contributed by atoms with Crippen LogP contribution in [0.15, 0.2) is 24.3 Å². The molecule has 106 valence electrons. The van der Waals surface area contributed by atoms with E-state index >= 15 is 0 Å². The first-order valence-corrected chi connectivity index (χ1v) is 7.67. The zero-order valence-electron chi connectivity index (χ0n) is 12.7. The van der Waals surface area contributed by atoms with Gasteiger partial charge in [-0.2, -0.15) is 0 Å². The highest BCUT2D eigenvalue weighted by molar-refractivity contribution is 5.23. The van der Waals surface area contributed by atoms with Crippen molar-refractivity contribution in [2.75, 3.05) is 13.1 Å². The lowest BCUT2D eigenvalue weighted by atomic mass is 9.99. The second kappa shape index (κ2) is 7.06. The fraction of sp³-hybridized carbons (Fsp3) is 0.647. The molecule has 0 radical (unpaired) electrons. The molecule has 1 aliphatic rings. The Labute approximate surface area is 118 Å². The second-order valence-corrected chi connectivity index (χ2v) is 6.34. The van der Waals surface area contributed by atoms with Gasteiger partial charge in [-0.05, 0) is 36.4 Å². The van der Waals surface area contributed by atoms with Gasteiger partial charge in [0.25, 0.3) is 0 Å². The molecule has 1 heterocycles. The molecule has 1 aromatic rings. The number of nitrogens with zero attached hydrogens (tertiary/aromatic N) is 1.